The highest BCUT2D eigenvalue weighted by atomic mass is 79.9. The van der Waals surface area contributed by atoms with Crippen LogP contribution in [-0.2, 0) is 6.54 Å². The monoisotopic (exact) mass is 305 g/mol. The maximum Gasteiger partial charge on any atom is 0.135 e. The van der Waals surface area contributed by atoms with Gasteiger partial charge in [-0.05, 0) is 22.0 Å². The summed E-state index contributed by atoms with van der Waals surface area (Å²) in [5, 5.41) is 4.93. The summed E-state index contributed by atoms with van der Waals surface area (Å²) in [4.78, 5) is 3.95. The van der Waals surface area contributed by atoms with E-state index in [0.29, 0.717) is 16.9 Å². The van der Waals surface area contributed by atoms with Crippen LogP contribution < -0.4 is 0 Å². The predicted molar refractivity (Wildman–Crippen MR) is 63.3 cm³/mol. The van der Waals surface area contributed by atoms with E-state index in [4.69, 9.17) is 23.2 Å². The van der Waals surface area contributed by atoms with E-state index in [1.807, 2.05) is 12.3 Å². The maximum absolute atomic E-state index is 5.94. The van der Waals surface area contributed by atoms with Gasteiger partial charge in [0.15, 0.2) is 0 Å². The molecule has 15 heavy (non-hydrogen) atoms. The second-order valence-corrected chi connectivity index (χ2v) is 4.60. The minimum atomic E-state index is 0.394. The van der Waals surface area contributed by atoms with E-state index in [2.05, 4.69) is 26.0 Å². The van der Waals surface area contributed by atoms with Crippen molar-refractivity contribution in [2.75, 3.05) is 0 Å². The topological polar surface area (TPSA) is 30.7 Å². The minimum Gasteiger partial charge on any atom is -0.267 e. The Balaban J connectivity index is 2.24. The zero-order valence-electron chi connectivity index (χ0n) is 7.49. The van der Waals surface area contributed by atoms with E-state index in [1.54, 1.807) is 16.9 Å². The Morgan fingerprint density at radius 2 is 2.13 bits per heavy atom. The highest BCUT2D eigenvalue weighted by Crippen LogP contribution is 2.18. The molecule has 2 aromatic heterocycles. The minimum absolute atomic E-state index is 0.394. The smallest absolute Gasteiger partial charge is 0.135 e. The Labute approximate surface area is 105 Å². The van der Waals surface area contributed by atoms with Gasteiger partial charge in [0.25, 0.3) is 0 Å². The molecule has 0 saturated carbocycles. The van der Waals surface area contributed by atoms with Crippen molar-refractivity contribution in [1.29, 1.82) is 0 Å². The van der Waals surface area contributed by atoms with Crippen molar-refractivity contribution >= 4 is 39.1 Å². The average molecular weight is 307 g/mol. The Kier molecular flexibility index (Phi) is 3.29. The molecule has 0 aliphatic carbocycles. The Bertz CT molecular complexity index is 484. The quantitative estimate of drug-likeness (QED) is 0.796. The van der Waals surface area contributed by atoms with Gasteiger partial charge in [0.05, 0.1) is 17.2 Å². The number of pyridine rings is 1. The third-order valence-electron chi connectivity index (χ3n) is 1.83. The van der Waals surface area contributed by atoms with Gasteiger partial charge in [-0.2, -0.15) is 5.10 Å². The van der Waals surface area contributed by atoms with Gasteiger partial charge in [-0.25, -0.2) is 4.98 Å². The summed E-state index contributed by atoms with van der Waals surface area (Å²) in [6.07, 6.45) is 3.59. The normalized spacial score (nSPS) is 10.6. The van der Waals surface area contributed by atoms with Crippen LogP contribution >= 0.6 is 39.1 Å². The fourth-order valence-corrected chi connectivity index (χ4v) is 1.89. The van der Waals surface area contributed by atoms with Crippen LogP contribution in [0.1, 0.15) is 5.56 Å². The molecule has 0 aliphatic rings. The van der Waals surface area contributed by atoms with E-state index in [0.717, 1.165) is 10.0 Å². The van der Waals surface area contributed by atoms with Crippen LogP contribution in [0, 0.1) is 0 Å². The first-order chi connectivity index (χ1) is 7.15. The Morgan fingerprint density at radius 3 is 2.73 bits per heavy atom. The van der Waals surface area contributed by atoms with Crippen molar-refractivity contribution < 1.29 is 0 Å². The molecule has 3 nitrogen and oxygen atoms in total. The van der Waals surface area contributed by atoms with Crippen molar-refractivity contribution in [1.82, 2.24) is 14.8 Å². The lowest BCUT2D eigenvalue weighted by atomic mass is 10.3. The van der Waals surface area contributed by atoms with Gasteiger partial charge in [-0.1, -0.05) is 29.3 Å². The molecule has 0 radical (unpaired) electrons. The number of rotatable bonds is 2. The highest BCUT2D eigenvalue weighted by molar-refractivity contribution is 9.10. The third kappa shape index (κ3) is 2.71. The second kappa shape index (κ2) is 4.51. The van der Waals surface area contributed by atoms with Gasteiger partial charge >= 0.3 is 0 Å². The van der Waals surface area contributed by atoms with E-state index in [1.165, 1.54) is 0 Å². The molecule has 0 saturated heterocycles. The van der Waals surface area contributed by atoms with Crippen molar-refractivity contribution in [3.63, 3.8) is 0 Å². The van der Waals surface area contributed by atoms with Crippen LogP contribution in [0.2, 0.25) is 10.3 Å². The van der Waals surface area contributed by atoms with Crippen molar-refractivity contribution in [3.8, 4) is 0 Å². The standard InChI is InChI=1S/C9H6BrCl2N3/c10-7-3-13-15(5-7)4-6-1-2-8(11)14-9(6)12/h1-3,5H,4H2. The molecule has 2 rings (SSSR count). The molecule has 0 spiro atoms. The van der Waals surface area contributed by atoms with Crippen LogP contribution in [0.5, 0.6) is 0 Å². The van der Waals surface area contributed by atoms with Crippen LogP contribution in [0.25, 0.3) is 0 Å². The molecule has 78 valence electrons. The number of halogens is 3. The largest absolute Gasteiger partial charge is 0.267 e. The third-order valence-corrected chi connectivity index (χ3v) is 2.77. The summed E-state index contributed by atoms with van der Waals surface area (Å²) in [6, 6.07) is 3.55. The Morgan fingerprint density at radius 1 is 1.33 bits per heavy atom. The molecule has 0 aliphatic heterocycles. The second-order valence-electron chi connectivity index (χ2n) is 2.94. The lowest BCUT2D eigenvalue weighted by Crippen LogP contribution is -2.01. The van der Waals surface area contributed by atoms with E-state index in [9.17, 15) is 0 Å². The van der Waals surface area contributed by atoms with Crippen LogP contribution in [0.15, 0.2) is 29.0 Å². The van der Waals surface area contributed by atoms with Crippen molar-refractivity contribution in [2.24, 2.45) is 0 Å². The van der Waals surface area contributed by atoms with E-state index in [-0.39, 0.29) is 0 Å². The summed E-state index contributed by atoms with van der Waals surface area (Å²) in [7, 11) is 0. The number of hydrogen-bond acceptors (Lipinski definition) is 2. The molecular formula is C9H6BrCl2N3. The highest BCUT2D eigenvalue weighted by Gasteiger charge is 2.04. The molecule has 0 unspecified atom stereocenters. The van der Waals surface area contributed by atoms with Gasteiger partial charge < -0.3 is 0 Å². The first-order valence-electron chi connectivity index (χ1n) is 4.14. The van der Waals surface area contributed by atoms with Gasteiger partial charge in [-0.15, -0.1) is 0 Å². The molecule has 0 N–H and O–H groups in total. The van der Waals surface area contributed by atoms with Gasteiger partial charge in [-0.3, -0.25) is 4.68 Å². The number of nitrogens with zero attached hydrogens (tertiary/aromatic N) is 3. The molecule has 0 aromatic carbocycles. The SMILES string of the molecule is Clc1ccc(Cn2cc(Br)cn2)c(Cl)n1. The first kappa shape index (κ1) is 10.9. The molecule has 6 heteroatoms. The maximum atomic E-state index is 5.94. The van der Waals surface area contributed by atoms with Crippen LogP contribution in [0.4, 0.5) is 0 Å². The average Bonchev–Trinajstić information content (AvgIpc) is 2.56. The van der Waals surface area contributed by atoms with Crippen molar-refractivity contribution in [2.45, 2.75) is 6.54 Å². The van der Waals surface area contributed by atoms with Gasteiger partial charge in [0, 0.05) is 11.8 Å². The molecule has 0 fully saturated rings. The first-order valence-corrected chi connectivity index (χ1v) is 5.69. The lowest BCUT2D eigenvalue weighted by Gasteiger charge is -2.03. The van der Waals surface area contributed by atoms with Crippen molar-refractivity contribution in [3.05, 3.63) is 44.9 Å². The number of hydrogen-bond donors (Lipinski definition) is 0. The van der Waals surface area contributed by atoms with Crippen LogP contribution in [0.3, 0.4) is 0 Å². The van der Waals surface area contributed by atoms with Gasteiger partial charge in [0.1, 0.15) is 10.3 Å². The lowest BCUT2D eigenvalue weighted by molar-refractivity contribution is 0.685. The molecule has 0 atom stereocenters. The molecule has 0 bridgehead atoms. The number of aromatic nitrogens is 3. The molecule has 2 aromatic rings. The fourth-order valence-electron chi connectivity index (χ4n) is 1.16. The zero-order valence-corrected chi connectivity index (χ0v) is 10.6. The summed E-state index contributed by atoms with van der Waals surface area (Å²) in [5.74, 6) is 0. The predicted octanol–water partition coefficient (Wildman–Crippen LogP) is 3.40. The van der Waals surface area contributed by atoms with Gasteiger partial charge in [0.2, 0.25) is 0 Å². The van der Waals surface area contributed by atoms with E-state index < -0.39 is 0 Å². The fraction of sp³-hybridized carbons (Fsp3) is 0.111. The zero-order chi connectivity index (χ0) is 10.8. The molecular weight excluding hydrogens is 301 g/mol. The summed E-state index contributed by atoms with van der Waals surface area (Å²) in [5.41, 5.74) is 0.886. The Hall–Kier alpha value is -0.580. The molecule has 0 amide bonds. The summed E-state index contributed by atoms with van der Waals surface area (Å²) >= 11 is 15.0. The summed E-state index contributed by atoms with van der Waals surface area (Å²) in [6.45, 7) is 0.578. The molecule has 2 heterocycles. The summed E-state index contributed by atoms with van der Waals surface area (Å²) < 4.78 is 2.70. The van der Waals surface area contributed by atoms with E-state index >= 15 is 0 Å². The van der Waals surface area contributed by atoms with Crippen LogP contribution in [-0.4, -0.2) is 14.8 Å².